The van der Waals surface area contributed by atoms with Gasteiger partial charge in [0.15, 0.2) is 0 Å². The molecule has 1 aliphatic heterocycles. The van der Waals surface area contributed by atoms with Gasteiger partial charge in [0.25, 0.3) is 0 Å². The Balaban J connectivity index is 2.92. The Labute approximate surface area is 110 Å². The zero-order chi connectivity index (χ0) is 14.6. The number of nitrogens with two attached hydrogens (primary N) is 2. The van der Waals surface area contributed by atoms with E-state index in [9.17, 15) is 19.2 Å². The van der Waals surface area contributed by atoms with E-state index in [2.05, 4.69) is 5.32 Å². The predicted octanol–water partition coefficient (Wildman–Crippen LogP) is -2.30. The lowest BCUT2D eigenvalue weighted by Crippen LogP contribution is -2.43. The van der Waals surface area contributed by atoms with Crippen molar-refractivity contribution in [2.45, 2.75) is 19.3 Å². The van der Waals surface area contributed by atoms with E-state index in [0.29, 0.717) is 6.42 Å². The number of hydrogen-bond donors (Lipinski definition) is 3. The molecule has 0 aliphatic carbocycles. The van der Waals surface area contributed by atoms with Crippen LogP contribution in [0.25, 0.3) is 0 Å². The number of carbonyl (C=O) groups is 4. The first-order chi connectivity index (χ1) is 8.80. The van der Waals surface area contributed by atoms with Gasteiger partial charge in [-0.2, -0.15) is 0 Å². The highest BCUT2D eigenvalue weighted by molar-refractivity contribution is 5.95. The smallest absolute Gasteiger partial charge is 0.237 e. The van der Waals surface area contributed by atoms with E-state index in [0.717, 1.165) is 0 Å². The van der Waals surface area contributed by atoms with Gasteiger partial charge in [0.2, 0.25) is 23.6 Å². The van der Waals surface area contributed by atoms with E-state index in [1.165, 1.54) is 11.9 Å². The molecular formula is C11H18N4O4. The van der Waals surface area contributed by atoms with Crippen molar-refractivity contribution in [2.24, 2.45) is 16.9 Å². The summed E-state index contributed by atoms with van der Waals surface area (Å²) in [6.45, 7) is 0.0686. The topological polar surface area (TPSA) is 136 Å². The molecule has 1 aliphatic rings. The summed E-state index contributed by atoms with van der Waals surface area (Å²) in [5, 5.41) is 2.41. The molecule has 0 spiro atoms. The highest BCUT2D eigenvalue weighted by Gasteiger charge is 2.48. The first-order valence-corrected chi connectivity index (χ1v) is 5.87. The first-order valence-electron chi connectivity index (χ1n) is 5.87. The molecule has 0 aromatic carbocycles. The summed E-state index contributed by atoms with van der Waals surface area (Å²) in [7, 11) is 1.45. The Bertz CT molecular complexity index is 423. The van der Waals surface area contributed by atoms with Gasteiger partial charge in [0.1, 0.15) is 0 Å². The van der Waals surface area contributed by atoms with Crippen LogP contribution in [0.3, 0.4) is 0 Å². The average molecular weight is 270 g/mol. The number of nitrogens with one attached hydrogen (secondary N) is 1. The van der Waals surface area contributed by atoms with Crippen molar-refractivity contribution in [3.63, 3.8) is 0 Å². The fourth-order valence-electron chi connectivity index (χ4n) is 2.35. The van der Waals surface area contributed by atoms with E-state index in [-0.39, 0.29) is 31.8 Å². The third-order valence-corrected chi connectivity index (χ3v) is 3.24. The Hall–Kier alpha value is -2.12. The normalized spacial score (nSPS) is 22.4. The monoisotopic (exact) mass is 270 g/mol. The third-order valence-electron chi connectivity index (χ3n) is 3.24. The maximum atomic E-state index is 12.3. The molecule has 1 unspecified atom stereocenters. The molecule has 0 aromatic rings. The van der Waals surface area contributed by atoms with Crippen LogP contribution in [0.15, 0.2) is 0 Å². The molecule has 0 saturated carbocycles. The SMILES string of the molecule is CNC(=O)CC1(CC(N)=O)CCN(CC(N)=O)C1=O. The second kappa shape index (κ2) is 5.68. The summed E-state index contributed by atoms with van der Waals surface area (Å²) in [6, 6.07) is 0. The van der Waals surface area contributed by atoms with Crippen molar-refractivity contribution in [3.05, 3.63) is 0 Å². The summed E-state index contributed by atoms with van der Waals surface area (Å²) in [6.07, 6.45) is -0.0372. The maximum Gasteiger partial charge on any atom is 0.237 e. The fraction of sp³-hybridized carbons (Fsp3) is 0.636. The van der Waals surface area contributed by atoms with E-state index in [4.69, 9.17) is 11.5 Å². The molecule has 0 aromatic heterocycles. The third kappa shape index (κ3) is 3.43. The number of hydrogen-bond acceptors (Lipinski definition) is 4. The minimum Gasteiger partial charge on any atom is -0.370 e. The summed E-state index contributed by atoms with van der Waals surface area (Å²) in [5.41, 5.74) is 9.05. The number of primary amides is 2. The van der Waals surface area contributed by atoms with Crippen LogP contribution in [-0.2, 0) is 19.2 Å². The number of amides is 4. The molecule has 1 heterocycles. The molecule has 0 bridgehead atoms. The van der Waals surface area contributed by atoms with Crippen molar-refractivity contribution >= 4 is 23.6 Å². The summed E-state index contributed by atoms with van der Waals surface area (Å²) >= 11 is 0. The van der Waals surface area contributed by atoms with Gasteiger partial charge in [-0.25, -0.2) is 0 Å². The van der Waals surface area contributed by atoms with E-state index in [1.807, 2.05) is 0 Å². The van der Waals surface area contributed by atoms with Crippen LogP contribution in [0.4, 0.5) is 0 Å². The van der Waals surface area contributed by atoms with Gasteiger partial charge in [-0.15, -0.1) is 0 Å². The molecule has 8 heteroatoms. The van der Waals surface area contributed by atoms with Gasteiger partial charge in [-0.05, 0) is 6.42 Å². The minimum atomic E-state index is -1.15. The standard InChI is InChI=1S/C11H18N4O4/c1-14-9(18)5-11(4-7(12)16)2-3-15(10(11)19)6-8(13)17/h2-6H2,1H3,(H2,12,16)(H2,13,17)(H,14,18). The lowest BCUT2D eigenvalue weighted by molar-refractivity contribution is -0.143. The Morgan fingerprint density at radius 3 is 2.37 bits per heavy atom. The molecule has 0 radical (unpaired) electrons. The van der Waals surface area contributed by atoms with Crippen LogP contribution in [0, 0.1) is 5.41 Å². The van der Waals surface area contributed by atoms with Crippen LogP contribution >= 0.6 is 0 Å². The molecule has 1 atom stereocenters. The Morgan fingerprint density at radius 2 is 1.89 bits per heavy atom. The van der Waals surface area contributed by atoms with E-state index >= 15 is 0 Å². The van der Waals surface area contributed by atoms with Crippen LogP contribution in [0.5, 0.6) is 0 Å². The second-order valence-electron chi connectivity index (χ2n) is 4.72. The molecule has 8 nitrogen and oxygen atoms in total. The first kappa shape index (κ1) is 14.9. The van der Waals surface area contributed by atoms with Crippen molar-refractivity contribution in [3.8, 4) is 0 Å². The maximum absolute atomic E-state index is 12.3. The van der Waals surface area contributed by atoms with Crippen molar-refractivity contribution in [1.29, 1.82) is 0 Å². The van der Waals surface area contributed by atoms with Crippen molar-refractivity contribution in [2.75, 3.05) is 20.1 Å². The van der Waals surface area contributed by atoms with E-state index in [1.54, 1.807) is 0 Å². The average Bonchev–Trinajstić information content (AvgIpc) is 2.57. The molecule has 19 heavy (non-hydrogen) atoms. The quantitative estimate of drug-likeness (QED) is 0.500. The lowest BCUT2D eigenvalue weighted by Gasteiger charge is -2.25. The van der Waals surface area contributed by atoms with Gasteiger partial charge in [-0.1, -0.05) is 0 Å². The number of nitrogens with zero attached hydrogens (tertiary/aromatic N) is 1. The lowest BCUT2D eigenvalue weighted by atomic mass is 9.79. The molecule has 106 valence electrons. The summed E-state index contributed by atoms with van der Waals surface area (Å²) in [4.78, 5) is 47.0. The fourth-order valence-corrected chi connectivity index (χ4v) is 2.35. The molecule has 1 rings (SSSR count). The highest BCUT2D eigenvalue weighted by Crippen LogP contribution is 2.38. The molecule has 5 N–H and O–H groups in total. The van der Waals surface area contributed by atoms with Crippen LogP contribution in [-0.4, -0.2) is 48.7 Å². The van der Waals surface area contributed by atoms with Gasteiger partial charge in [0.05, 0.1) is 12.0 Å². The van der Waals surface area contributed by atoms with Gasteiger partial charge < -0.3 is 21.7 Å². The number of carbonyl (C=O) groups excluding carboxylic acids is 4. The van der Waals surface area contributed by atoms with Crippen molar-refractivity contribution < 1.29 is 19.2 Å². The molecule has 1 saturated heterocycles. The number of likely N-dealkylation sites (tertiary alicyclic amines) is 1. The van der Waals surface area contributed by atoms with Gasteiger partial charge in [0, 0.05) is 26.4 Å². The molecule has 4 amide bonds. The largest absolute Gasteiger partial charge is 0.370 e. The summed E-state index contributed by atoms with van der Waals surface area (Å²) < 4.78 is 0. The Kier molecular flexibility index (Phi) is 4.47. The van der Waals surface area contributed by atoms with Crippen LogP contribution in [0.1, 0.15) is 19.3 Å². The molecule has 1 fully saturated rings. The van der Waals surface area contributed by atoms with E-state index < -0.39 is 23.1 Å². The highest BCUT2D eigenvalue weighted by atomic mass is 16.2. The van der Waals surface area contributed by atoms with Gasteiger partial charge in [-0.3, -0.25) is 19.2 Å². The van der Waals surface area contributed by atoms with Gasteiger partial charge >= 0.3 is 0 Å². The summed E-state index contributed by atoms with van der Waals surface area (Å²) in [5.74, 6) is -2.06. The molecular weight excluding hydrogens is 252 g/mol. The van der Waals surface area contributed by atoms with Crippen molar-refractivity contribution in [1.82, 2.24) is 10.2 Å². The number of rotatable bonds is 6. The zero-order valence-corrected chi connectivity index (χ0v) is 10.8. The Morgan fingerprint density at radius 1 is 1.26 bits per heavy atom. The predicted molar refractivity (Wildman–Crippen MR) is 65.3 cm³/mol. The zero-order valence-electron chi connectivity index (χ0n) is 10.8. The van der Waals surface area contributed by atoms with Crippen LogP contribution < -0.4 is 16.8 Å². The van der Waals surface area contributed by atoms with Crippen LogP contribution in [0.2, 0.25) is 0 Å². The minimum absolute atomic E-state index is 0.124. The second-order valence-corrected chi connectivity index (χ2v) is 4.72.